The smallest absolute Gasteiger partial charge is 0.128 e. The number of carbonyl (C=O) groups is 1. The molecule has 0 spiro atoms. The summed E-state index contributed by atoms with van der Waals surface area (Å²) < 4.78 is 5.31. The maximum absolute atomic E-state index is 10.8. The van der Waals surface area contributed by atoms with Crippen LogP contribution in [0.15, 0.2) is 0 Å². The Bertz CT molecular complexity index is 134. The van der Waals surface area contributed by atoms with Gasteiger partial charge in [0, 0.05) is 6.61 Å². The molecule has 1 saturated heterocycles. The summed E-state index contributed by atoms with van der Waals surface area (Å²) in [5.74, 6) is 0.403. The Labute approximate surface area is 67.9 Å². The molecule has 0 aliphatic carbocycles. The SMILES string of the molecule is CC(C)C1(C=O)CCCOC1. The largest absolute Gasteiger partial charge is 0.380 e. The zero-order chi connectivity index (χ0) is 8.32. The minimum atomic E-state index is -0.182. The molecular formula is C9H16O2. The van der Waals surface area contributed by atoms with Gasteiger partial charge in [0.15, 0.2) is 0 Å². The van der Waals surface area contributed by atoms with Crippen LogP contribution < -0.4 is 0 Å². The zero-order valence-electron chi connectivity index (χ0n) is 7.30. The van der Waals surface area contributed by atoms with E-state index in [0.717, 1.165) is 25.7 Å². The first-order chi connectivity index (χ1) is 5.21. The highest BCUT2D eigenvalue weighted by Crippen LogP contribution is 2.33. The van der Waals surface area contributed by atoms with Crippen molar-refractivity contribution >= 4 is 6.29 Å². The van der Waals surface area contributed by atoms with E-state index in [2.05, 4.69) is 13.8 Å². The van der Waals surface area contributed by atoms with Crippen LogP contribution in [0.5, 0.6) is 0 Å². The van der Waals surface area contributed by atoms with Gasteiger partial charge in [0.2, 0.25) is 0 Å². The minimum absolute atomic E-state index is 0.182. The fourth-order valence-corrected chi connectivity index (χ4v) is 1.52. The summed E-state index contributed by atoms with van der Waals surface area (Å²) in [5.41, 5.74) is -0.182. The van der Waals surface area contributed by atoms with Crippen molar-refractivity contribution in [2.45, 2.75) is 26.7 Å². The Morgan fingerprint density at radius 3 is 2.55 bits per heavy atom. The third-order valence-electron chi connectivity index (χ3n) is 2.69. The van der Waals surface area contributed by atoms with Crippen molar-refractivity contribution in [3.8, 4) is 0 Å². The van der Waals surface area contributed by atoms with E-state index in [9.17, 15) is 4.79 Å². The van der Waals surface area contributed by atoms with Gasteiger partial charge in [0.25, 0.3) is 0 Å². The minimum Gasteiger partial charge on any atom is -0.380 e. The van der Waals surface area contributed by atoms with Crippen LogP contribution in [0.2, 0.25) is 0 Å². The van der Waals surface area contributed by atoms with E-state index in [4.69, 9.17) is 4.74 Å². The predicted octanol–water partition coefficient (Wildman–Crippen LogP) is 1.64. The van der Waals surface area contributed by atoms with Crippen LogP contribution in [-0.4, -0.2) is 19.5 Å². The first-order valence-corrected chi connectivity index (χ1v) is 4.25. The molecule has 0 radical (unpaired) electrons. The van der Waals surface area contributed by atoms with Crippen LogP contribution in [0, 0.1) is 11.3 Å². The Kier molecular flexibility index (Phi) is 2.66. The predicted molar refractivity (Wildman–Crippen MR) is 43.4 cm³/mol. The summed E-state index contributed by atoms with van der Waals surface area (Å²) in [4.78, 5) is 10.8. The van der Waals surface area contributed by atoms with Crippen LogP contribution >= 0.6 is 0 Å². The lowest BCUT2D eigenvalue weighted by Crippen LogP contribution is -2.37. The van der Waals surface area contributed by atoms with Gasteiger partial charge in [0.1, 0.15) is 6.29 Å². The molecular weight excluding hydrogens is 140 g/mol. The fraction of sp³-hybridized carbons (Fsp3) is 0.889. The van der Waals surface area contributed by atoms with Crippen molar-refractivity contribution in [3.05, 3.63) is 0 Å². The van der Waals surface area contributed by atoms with Crippen LogP contribution in [0.25, 0.3) is 0 Å². The third-order valence-corrected chi connectivity index (χ3v) is 2.69. The second kappa shape index (κ2) is 3.35. The highest BCUT2D eigenvalue weighted by Gasteiger charge is 2.35. The maximum atomic E-state index is 10.8. The number of hydrogen-bond donors (Lipinski definition) is 0. The third kappa shape index (κ3) is 1.62. The summed E-state index contributed by atoms with van der Waals surface area (Å²) in [6.07, 6.45) is 3.10. The Morgan fingerprint density at radius 2 is 2.27 bits per heavy atom. The van der Waals surface area contributed by atoms with Gasteiger partial charge in [0.05, 0.1) is 12.0 Å². The fourth-order valence-electron chi connectivity index (χ4n) is 1.52. The van der Waals surface area contributed by atoms with Gasteiger partial charge >= 0.3 is 0 Å². The molecule has 11 heavy (non-hydrogen) atoms. The van der Waals surface area contributed by atoms with Gasteiger partial charge in [-0.05, 0) is 18.8 Å². The van der Waals surface area contributed by atoms with Crippen molar-refractivity contribution in [1.82, 2.24) is 0 Å². The van der Waals surface area contributed by atoms with Crippen LogP contribution in [0.4, 0.5) is 0 Å². The number of hydrogen-bond acceptors (Lipinski definition) is 2. The molecule has 1 aliphatic rings. The van der Waals surface area contributed by atoms with Gasteiger partial charge in [-0.3, -0.25) is 0 Å². The molecule has 1 heterocycles. The number of carbonyl (C=O) groups excluding carboxylic acids is 1. The monoisotopic (exact) mass is 156 g/mol. The van der Waals surface area contributed by atoms with Gasteiger partial charge in [-0.1, -0.05) is 13.8 Å². The lowest BCUT2D eigenvalue weighted by Gasteiger charge is -2.35. The van der Waals surface area contributed by atoms with E-state index in [1.807, 2.05) is 0 Å². The summed E-state index contributed by atoms with van der Waals surface area (Å²) in [6.45, 7) is 5.61. The number of aldehydes is 1. The normalized spacial score (nSPS) is 32.3. The lowest BCUT2D eigenvalue weighted by molar-refractivity contribution is -0.127. The van der Waals surface area contributed by atoms with Crippen LogP contribution in [0.1, 0.15) is 26.7 Å². The van der Waals surface area contributed by atoms with E-state index in [0.29, 0.717) is 12.5 Å². The average Bonchev–Trinajstić information content (AvgIpc) is 2.05. The zero-order valence-corrected chi connectivity index (χ0v) is 7.30. The maximum Gasteiger partial charge on any atom is 0.128 e. The second-order valence-corrected chi connectivity index (χ2v) is 3.66. The lowest BCUT2D eigenvalue weighted by atomic mass is 9.75. The molecule has 1 fully saturated rings. The average molecular weight is 156 g/mol. The molecule has 0 saturated carbocycles. The Morgan fingerprint density at radius 1 is 1.55 bits per heavy atom. The van der Waals surface area contributed by atoms with Crippen molar-refractivity contribution < 1.29 is 9.53 Å². The van der Waals surface area contributed by atoms with E-state index in [1.54, 1.807) is 0 Å². The standard InChI is InChI=1S/C9H16O2/c1-8(2)9(6-10)4-3-5-11-7-9/h6,8H,3-5,7H2,1-2H3. The Hall–Kier alpha value is -0.370. The van der Waals surface area contributed by atoms with Crippen LogP contribution in [-0.2, 0) is 9.53 Å². The molecule has 0 amide bonds. The molecule has 2 heteroatoms. The molecule has 0 aromatic carbocycles. The topological polar surface area (TPSA) is 26.3 Å². The van der Waals surface area contributed by atoms with E-state index in [-0.39, 0.29) is 5.41 Å². The van der Waals surface area contributed by atoms with Crippen molar-refractivity contribution in [3.63, 3.8) is 0 Å². The summed E-state index contributed by atoms with van der Waals surface area (Å²) in [6, 6.07) is 0. The van der Waals surface area contributed by atoms with Crippen molar-refractivity contribution in [2.75, 3.05) is 13.2 Å². The van der Waals surface area contributed by atoms with Crippen molar-refractivity contribution in [1.29, 1.82) is 0 Å². The van der Waals surface area contributed by atoms with Gasteiger partial charge in [-0.2, -0.15) is 0 Å². The molecule has 0 aromatic heterocycles. The number of rotatable bonds is 2. The van der Waals surface area contributed by atoms with E-state index < -0.39 is 0 Å². The van der Waals surface area contributed by atoms with Crippen molar-refractivity contribution in [2.24, 2.45) is 11.3 Å². The molecule has 0 aromatic rings. The molecule has 1 atom stereocenters. The van der Waals surface area contributed by atoms with Gasteiger partial charge < -0.3 is 9.53 Å². The summed E-state index contributed by atoms with van der Waals surface area (Å²) in [7, 11) is 0. The highest BCUT2D eigenvalue weighted by molar-refractivity contribution is 5.60. The molecule has 0 bridgehead atoms. The summed E-state index contributed by atoms with van der Waals surface area (Å²) >= 11 is 0. The van der Waals surface area contributed by atoms with E-state index in [1.165, 1.54) is 0 Å². The molecule has 1 unspecified atom stereocenters. The first-order valence-electron chi connectivity index (χ1n) is 4.25. The quantitative estimate of drug-likeness (QED) is 0.568. The second-order valence-electron chi connectivity index (χ2n) is 3.66. The molecule has 1 aliphatic heterocycles. The Balaban J connectivity index is 2.64. The molecule has 1 rings (SSSR count). The van der Waals surface area contributed by atoms with Crippen LogP contribution in [0.3, 0.4) is 0 Å². The molecule has 64 valence electrons. The van der Waals surface area contributed by atoms with E-state index >= 15 is 0 Å². The first kappa shape index (κ1) is 8.72. The molecule has 2 nitrogen and oxygen atoms in total. The number of ether oxygens (including phenoxy) is 1. The highest BCUT2D eigenvalue weighted by atomic mass is 16.5. The molecule has 0 N–H and O–H groups in total. The van der Waals surface area contributed by atoms with Gasteiger partial charge in [-0.25, -0.2) is 0 Å². The van der Waals surface area contributed by atoms with Gasteiger partial charge in [-0.15, -0.1) is 0 Å². The summed E-state index contributed by atoms with van der Waals surface area (Å²) in [5, 5.41) is 0.